The molecule has 0 aliphatic rings. The zero-order valence-electron chi connectivity index (χ0n) is 13.4. The van der Waals surface area contributed by atoms with Gasteiger partial charge in [-0.15, -0.1) is 0 Å². The highest BCUT2D eigenvalue weighted by Crippen LogP contribution is 2.33. The van der Waals surface area contributed by atoms with Crippen LogP contribution in [0.5, 0.6) is 0 Å². The molecule has 0 radical (unpaired) electrons. The molecule has 0 aliphatic heterocycles. The van der Waals surface area contributed by atoms with Gasteiger partial charge in [0.25, 0.3) is 5.56 Å². The number of nitrogens with zero attached hydrogens (tertiary/aromatic N) is 2. The molecule has 0 aliphatic carbocycles. The molecule has 0 N–H and O–H groups in total. The molecule has 1 unspecified atom stereocenters. The lowest BCUT2D eigenvalue weighted by Crippen LogP contribution is -2.23. The monoisotopic (exact) mass is 324 g/mol. The quantitative estimate of drug-likeness (QED) is 0.506. The number of thioether (sulfide) groups is 1. The number of rotatable bonds is 5. The first kappa shape index (κ1) is 15.8. The Morgan fingerprint density at radius 3 is 2.52 bits per heavy atom. The molecular weight excluding hydrogens is 304 g/mol. The first-order valence-electron chi connectivity index (χ1n) is 7.92. The van der Waals surface area contributed by atoms with Crippen molar-refractivity contribution in [2.45, 2.75) is 37.2 Å². The van der Waals surface area contributed by atoms with Crippen LogP contribution in [0.3, 0.4) is 0 Å². The van der Waals surface area contributed by atoms with Crippen LogP contribution in [0.25, 0.3) is 10.9 Å². The van der Waals surface area contributed by atoms with Crippen molar-refractivity contribution < 1.29 is 0 Å². The van der Waals surface area contributed by atoms with Crippen LogP contribution in [0.2, 0.25) is 0 Å². The molecule has 4 heteroatoms. The van der Waals surface area contributed by atoms with Gasteiger partial charge in [-0.25, -0.2) is 4.98 Å². The lowest BCUT2D eigenvalue weighted by Gasteiger charge is -2.16. The van der Waals surface area contributed by atoms with Gasteiger partial charge in [0.1, 0.15) is 0 Å². The van der Waals surface area contributed by atoms with Crippen molar-refractivity contribution in [2.75, 3.05) is 0 Å². The third-order valence-corrected chi connectivity index (χ3v) is 4.97. The van der Waals surface area contributed by atoms with Gasteiger partial charge in [0.2, 0.25) is 0 Å². The van der Waals surface area contributed by atoms with Crippen LogP contribution in [0, 0.1) is 0 Å². The number of aromatic nitrogens is 2. The largest absolute Gasteiger partial charge is 0.287 e. The van der Waals surface area contributed by atoms with Gasteiger partial charge < -0.3 is 0 Å². The van der Waals surface area contributed by atoms with Crippen LogP contribution in [0.4, 0.5) is 0 Å². The molecule has 2 aromatic carbocycles. The number of hydrogen-bond donors (Lipinski definition) is 0. The standard InChI is InChI=1S/C19H20N2OS/c1-3-13-21-18(22)16-11-7-8-12-17(16)20-19(21)23-14(2)15-9-5-4-6-10-15/h4-12,14H,3,13H2,1-2H3. The third kappa shape index (κ3) is 3.32. The van der Waals surface area contributed by atoms with Crippen molar-refractivity contribution in [3.05, 3.63) is 70.5 Å². The average molecular weight is 324 g/mol. The van der Waals surface area contributed by atoms with Gasteiger partial charge in [-0.2, -0.15) is 0 Å². The maximum atomic E-state index is 12.8. The Morgan fingerprint density at radius 2 is 1.78 bits per heavy atom. The Kier molecular flexibility index (Phi) is 4.82. The number of benzene rings is 2. The van der Waals surface area contributed by atoms with Gasteiger partial charge in [0.15, 0.2) is 5.16 Å². The van der Waals surface area contributed by atoms with E-state index in [0.717, 1.165) is 17.1 Å². The zero-order chi connectivity index (χ0) is 16.2. The maximum absolute atomic E-state index is 12.8. The number of fused-ring (bicyclic) bond motifs is 1. The van der Waals surface area contributed by atoms with Crippen molar-refractivity contribution in [1.29, 1.82) is 0 Å². The van der Waals surface area contributed by atoms with Crippen LogP contribution < -0.4 is 5.56 Å². The van der Waals surface area contributed by atoms with Gasteiger partial charge in [0.05, 0.1) is 10.9 Å². The summed E-state index contributed by atoms with van der Waals surface area (Å²) < 4.78 is 1.81. The molecule has 0 fully saturated rings. The molecule has 23 heavy (non-hydrogen) atoms. The molecule has 1 heterocycles. The van der Waals surface area contributed by atoms with Crippen molar-refractivity contribution in [1.82, 2.24) is 9.55 Å². The minimum absolute atomic E-state index is 0.0558. The molecule has 0 spiro atoms. The highest BCUT2D eigenvalue weighted by Gasteiger charge is 2.15. The van der Waals surface area contributed by atoms with Gasteiger partial charge in [-0.1, -0.05) is 61.2 Å². The molecule has 118 valence electrons. The second kappa shape index (κ2) is 7.01. The summed E-state index contributed by atoms with van der Waals surface area (Å²) in [4.78, 5) is 17.5. The van der Waals surface area contributed by atoms with E-state index in [1.807, 2.05) is 47.0 Å². The minimum Gasteiger partial charge on any atom is -0.287 e. The molecule has 0 bridgehead atoms. The van der Waals surface area contributed by atoms with Crippen molar-refractivity contribution in [3.8, 4) is 0 Å². The van der Waals surface area contributed by atoms with Crippen LogP contribution in [-0.2, 0) is 6.54 Å². The zero-order valence-corrected chi connectivity index (χ0v) is 14.2. The first-order valence-corrected chi connectivity index (χ1v) is 8.80. The fourth-order valence-corrected chi connectivity index (χ4v) is 3.67. The Labute approximate surface area is 140 Å². The smallest absolute Gasteiger partial charge is 0.262 e. The Hall–Kier alpha value is -2.07. The topological polar surface area (TPSA) is 34.9 Å². The second-order valence-electron chi connectivity index (χ2n) is 5.54. The Balaban J connectivity index is 2.05. The molecule has 3 aromatic rings. The van der Waals surface area contributed by atoms with E-state index in [0.29, 0.717) is 11.9 Å². The van der Waals surface area contributed by atoms with E-state index in [2.05, 4.69) is 26.0 Å². The SMILES string of the molecule is CCCn1c(SC(C)c2ccccc2)nc2ccccc2c1=O. The minimum atomic E-state index is 0.0558. The fourth-order valence-electron chi connectivity index (χ4n) is 2.61. The lowest BCUT2D eigenvalue weighted by molar-refractivity contribution is 0.584. The normalized spacial score (nSPS) is 12.4. The third-order valence-electron chi connectivity index (χ3n) is 3.82. The molecule has 0 saturated carbocycles. The number of para-hydroxylation sites is 1. The summed E-state index contributed by atoms with van der Waals surface area (Å²) in [5, 5.41) is 1.73. The first-order chi connectivity index (χ1) is 11.2. The van der Waals surface area contributed by atoms with E-state index in [-0.39, 0.29) is 10.8 Å². The summed E-state index contributed by atoms with van der Waals surface area (Å²) in [7, 11) is 0. The molecule has 3 rings (SSSR count). The highest BCUT2D eigenvalue weighted by atomic mass is 32.2. The van der Waals surface area contributed by atoms with Crippen molar-refractivity contribution in [3.63, 3.8) is 0 Å². The lowest BCUT2D eigenvalue weighted by atomic mass is 10.2. The Morgan fingerprint density at radius 1 is 1.09 bits per heavy atom. The van der Waals surface area contributed by atoms with E-state index in [1.54, 1.807) is 11.8 Å². The Bertz CT molecular complexity index is 858. The van der Waals surface area contributed by atoms with Gasteiger partial charge >= 0.3 is 0 Å². The van der Waals surface area contributed by atoms with Crippen molar-refractivity contribution in [2.24, 2.45) is 0 Å². The predicted octanol–water partition coefficient (Wildman–Crippen LogP) is 4.66. The second-order valence-corrected chi connectivity index (χ2v) is 6.85. The van der Waals surface area contributed by atoms with Crippen LogP contribution >= 0.6 is 11.8 Å². The number of hydrogen-bond acceptors (Lipinski definition) is 3. The summed E-state index contributed by atoms with van der Waals surface area (Å²) in [5.41, 5.74) is 2.07. The van der Waals surface area contributed by atoms with Crippen LogP contribution in [0.1, 0.15) is 31.1 Å². The molecule has 3 nitrogen and oxygen atoms in total. The van der Waals surface area contributed by atoms with Gasteiger partial charge in [-0.05, 0) is 31.0 Å². The van der Waals surface area contributed by atoms with Crippen molar-refractivity contribution >= 4 is 22.7 Å². The van der Waals surface area contributed by atoms with E-state index in [1.165, 1.54) is 5.56 Å². The predicted molar refractivity (Wildman–Crippen MR) is 97.0 cm³/mol. The summed E-state index contributed by atoms with van der Waals surface area (Å²) in [6.45, 7) is 4.93. The van der Waals surface area contributed by atoms with E-state index in [4.69, 9.17) is 4.98 Å². The summed E-state index contributed by atoms with van der Waals surface area (Å²) >= 11 is 1.64. The molecule has 0 amide bonds. The van der Waals surface area contributed by atoms with Gasteiger partial charge in [0, 0.05) is 11.8 Å². The van der Waals surface area contributed by atoms with Crippen LogP contribution in [0.15, 0.2) is 64.5 Å². The van der Waals surface area contributed by atoms with E-state index in [9.17, 15) is 4.79 Å². The average Bonchev–Trinajstić information content (AvgIpc) is 2.59. The molecular formula is C19H20N2OS. The maximum Gasteiger partial charge on any atom is 0.262 e. The van der Waals surface area contributed by atoms with Crippen LogP contribution in [-0.4, -0.2) is 9.55 Å². The fraction of sp³-hybridized carbons (Fsp3) is 0.263. The van der Waals surface area contributed by atoms with Gasteiger partial charge in [-0.3, -0.25) is 9.36 Å². The molecule has 0 saturated heterocycles. The highest BCUT2D eigenvalue weighted by molar-refractivity contribution is 7.99. The summed E-state index contributed by atoms with van der Waals surface area (Å²) in [6.07, 6.45) is 0.910. The summed E-state index contributed by atoms with van der Waals surface area (Å²) in [5.74, 6) is 0. The van der Waals surface area contributed by atoms with E-state index >= 15 is 0 Å². The molecule has 1 aromatic heterocycles. The molecule has 1 atom stereocenters. The summed E-state index contributed by atoms with van der Waals surface area (Å²) in [6, 6.07) is 17.9. The van der Waals surface area contributed by atoms with E-state index < -0.39 is 0 Å².